The number of likely N-dealkylation sites (tertiary alicyclic amines) is 1. The van der Waals surface area contributed by atoms with Crippen molar-refractivity contribution in [3.8, 4) is 0 Å². The average molecular weight is 251 g/mol. The number of aryl methyl sites for hydroxylation is 2. The molecule has 98 valence electrons. The first-order valence-electron chi connectivity index (χ1n) is 5.91. The van der Waals surface area contributed by atoms with Gasteiger partial charge in [-0.15, -0.1) is 0 Å². The minimum Gasteiger partial charge on any atom is -0.361 e. The minimum absolute atomic E-state index is 0.0792. The van der Waals surface area contributed by atoms with Crippen LogP contribution in [0.25, 0.3) is 0 Å². The molecule has 18 heavy (non-hydrogen) atoms. The van der Waals surface area contributed by atoms with Crippen LogP contribution in [-0.2, 0) is 9.59 Å². The van der Waals surface area contributed by atoms with Crippen molar-refractivity contribution < 1.29 is 14.1 Å². The number of hydrogen-bond acceptors (Lipinski definition) is 5. The van der Waals surface area contributed by atoms with Gasteiger partial charge in [-0.05, 0) is 20.8 Å². The van der Waals surface area contributed by atoms with Gasteiger partial charge in [0.05, 0.1) is 18.2 Å². The number of imide groups is 1. The molecule has 0 spiro atoms. The van der Waals surface area contributed by atoms with Crippen molar-refractivity contribution in [1.82, 2.24) is 15.4 Å². The number of carbonyl (C=O) groups excluding carboxylic acids is 2. The van der Waals surface area contributed by atoms with Crippen molar-refractivity contribution in [3.05, 3.63) is 17.0 Å². The summed E-state index contributed by atoms with van der Waals surface area (Å²) in [5.41, 5.74) is 1.75. The van der Waals surface area contributed by atoms with E-state index in [1.807, 2.05) is 20.8 Å². The Labute approximate surface area is 105 Å². The number of carbonyl (C=O) groups is 2. The molecule has 0 radical (unpaired) electrons. The first-order valence-corrected chi connectivity index (χ1v) is 5.91. The Morgan fingerprint density at radius 2 is 2.11 bits per heavy atom. The standard InChI is InChI=1S/C12H17N3O3/c1-6(11-7(2)14-18-8(11)3)13-9-5-10(16)15(4)12(9)17/h6,9,13H,5H2,1-4H3. The third kappa shape index (κ3) is 2.03. The van der Waals surface area contributed by atoms with Crippen LogP contribution in [0.5, 0.6) is 0 Å². The first-order chi connectivity index (χ1) is 8.41. The molecule has 2 heterocycles. The summed E-state index contributed by atoms with van der Waals surface area (Å²) in [5.74, 6) is 0.402. The molecule has 6 heteroatoms. The number of amides is 2. The SMILES string of the molecule is Cc1noc(C)c1C(C)NC1CC(=O)N(C)C1=O. The molecule has 1 aromatic rings. The van der Waals surface area contributed by atoms with Gasteiger partial charge in [-0.2, -0.15) is 0 Å². The predicted molar refractivity (Wildman–Crippen MR) is 63.7 cm³/mol. The third-order valence-electron chi connectivity index (χ3n) is 3.35. The lowest BCUT2D eigenvalue weighted by Gasteiger charge is -2.17. The predicted octanol–water partition coefficient (Wildman–Crippen LogP) is 0.699. The molecule has 1 fully saturated rings. The lowest BCUT2D eigenvalue weighted by atomic mass is 10.1. The Bertz CT molecular complexity index is 475. The highest BCUT2D eigenvalue weighted by atomic mass is 16.5. The Hall–Kier alpha value is -1.69. The maximum atomic E-state index is 11.8. The van der Waals surface area contributed by atoms with Crippen LogP contribution in [0.3, 0.4) is 0 Å². The summed E-state index contributed by atoms with van der Waals surface area (Å²) in [5, 5.41) is 7.04. The zero-order valence-corrected chi connectivity index (χ0v) is 11.0. The van der Waals surface area contributed by atoms with Gasteiger partial charge in [0.2, 0.25) is 11.8 Å². The van der Waals surface area contributed by atoms with Crippen LogP contribution in [0.15, 0.2) is 4.52 Å². The summed E-state index contributed by atoms with van der Waals surface area (Å²) in [4.78, 5) is 24.4. The van der Waals surface area contributed by atoms with Gasteiger partial charge < -0.3 is 4.52 Å². The van der Waals surface area contributed by atoms with E-state index in [4.69, 9.17) is 4.52 Å². The summed E-state index contributed by atoms with van der Waals surface area (Å²) in [6, 6.07) is -0.532. The van der Waals surface area contributed by atoms with Crippen LogP contribution in [-0.4, -0.2) is 35.0 Å². The molecular formula is C12H17N3O3. The van der Waals surface area contributed by atoms with Crippen LogP contribution in [0.1, 0.15) is 36.4 Å². The summed E-state index contributed by atoms with van der Waals surface area (Å²) in [7, 11) is 1.51. The van der Waals surface area contributed by atoms with E-state index in [1.165, 1.54) is 7.05 Å². The zero-order chi connectivity index (χ0) is 13.4. The largest absolute Gasteiger partial charge is 0.361 e. The normalized spacial score (nSPS) is 21.8. The van der Waals surface area contributed by atoms with E-state index in [-0.39, 0.29) is 24.3 Å². The van der Waals surface area contributed by atoms with Gasteiger partial charge in [-0.3, -0.25) is 19.8 Å². The summed E-state index contributed by atoms with van der Waals surface area (Å²) in [6.45, 7) is 5.63. The Kier molecular flexibility index (Phi) is 3.21. The van der Waals surface area contributed by atoms with Crippen molar-refractivity contribution in [2.75, 3.05) is 7.05 Å². The Morgan fingerprint density at radius 3 is 2.56 bits per heavy atom. The highest BCUT2D eigenvalue weighted by Gasteiger charge is 2.37. The average Bonchev–Trinajstić information content (AvgIpc) is 2.75. The molecule has 0 aliphatic carbocycles. The molecule has 1 aliphatic rings. The van der Waals surface area contributed by atoms with E-state index in [0.717, 1.165) is 21.9 Å². The fourth-order valence-corrected chi connectivity index (χ4v) is 2.38. The van der Waals surface area contributed by atoms with Crippen molar-refractivity contribution in [2.24, 2.45) is 0 Å². The van der Waals surface area contributed by atoms with E-state index in [2.05, 4.69) is 10.5 Å². The van der Waals surface area contributed by atoms with Gasteiger partial charge >= 0.3 is 0 Å². The second kappa shape index (κ2) is 4.53. The van der Waals surface area contributed by atoms with Crippen LogP contribution < -0.4 is 5.32 Å². The van der Waals surface area contributed by atoms with Crippen molar-refractivity contribution in [3.63, 3.8) is 0 Å². The summed E-state index contributed by atoms with van der Waals surface area (Å²) < 4.78 is 5.10. The van der Waals surface area contributed by atoms with Crippen LogP contribution in [0.4, 0.5) is 0 Å². The zero-order valence-electron chi connectivity index (χ0n) is 11.0. The van der Waals surface area contributed by atoms with Gasteiger partial charge in [-0.1, -0.05) is 5.16 Å². The molecule has 0 aromatic carbocycles. The molecule has 2 unspecified atom stereocenters. The third-order valence-corrected chi connectivity index (χ3v) is 3.35. The lowest BCUT2D eigenvalue weighted by molar-refractivity contribution is -0.137. The van der Waals surface area contributed by atoms with Crippen molar-refractivity contribution in [1.29, 1.82) is 0 Å². The highest BCUT2D eigenvalue weighted by molar-refractivity contribution is 6.05. The molecule has 1 aromatic heterocycles. The molecule has 2 amide bonds. The van der Waals surface area contributed by atoms with Crippen LogP contribution in [0.2, 0.25) is 0 Å². The van der Waals surface area contributed by atoms with Gasteiger partial charge in [0.25, 0.3) is 0 Å². The topological polar surface area (TPSA) is 75.4 Å². The quantitative estimate of drug-likeness (QED) is 0.800. The molecule has 1 saturated heterocycles. The van der Waals surface area contributed by atoms with E-state index >= 15 is 0 Å². The van der Waals surface area contributed by atoms with Crippen LogP contribution >= 0.6 is 0 Å². The molecule has 2 atom stereocenters. The van der Waals surface area contributed by atoms with Crippen molar-refractivity contribution in [2.45, 2.75) is 39.3 Å². The van der Waals surface area contributed by atoms with Crippen LogP contribution in [0, 0.1) is 13.8 Å². The second-order valence-corrected chi connectivity index (χ2v) is 4.67. The molecule has 1 N–H and O–H groups in total. The maximum absolute atomic E-state index is 11.8. The lowest BCUT2D eigenvalue weighted by Crippen LogP contribution is -2.38. The molecular weight excluding hydrogens is 234 g/mol. The number of hydrogen-bond donors (Lipinski definition) is 1. The number of nitrogens with one attached hydrogen (secondary N) is 1. The van der Waals surface area contributed by atoms with Gasteiger partial charge in [0.1, 0.15) is 5.76 Å². The fraction of sp³-hybridized carbons (Fsp3) is 0.583. The molecule has 0 bridgehead atoms. The van der Waals surface area contributed by atoms with Crippen molar-refractivity contribution >= 4 is 11.8 Å². The fourth-order valence-electron chi connectivity index (χ4n) is 2.38. The Morgan fingerprint density at radius 1 is 1.44 bits per heavy atom. The van der Waals surface area contributed by atoms with E-state index < -0.39 is 6.04 Å². The van der Waals surface area contributed by atoms with Gasteiger partial charge in [0.15, 0.2) is 0 Å². The van der Waals surface area contributed by atoms with Gasteiger partial charge in [-0.25, -0.2) is 0 Å². The minimum atomic E-state index is -0.453. The first kappa shape index (κ1) is 12.8. The van der Waals surface area contributed by atoms with Gasteiger partial charge in [0, 0.05) is 18.7 Å². The molecule has 0 saturated carbocycles. The smallest absolute Gasteiger partial charge is 0.246 e. The maximum Gasteiger partial charge on any atom is 0.246 e. The monoisotopic (exact) mass is 251 g/mol. The number of rotatable bonds is 3. The van der Waals surface area contributed by atoms with E-state index in [1.54, 1.807) is 0 Å². The summed E-state index contributed by atoms with van der Waals surface area (Å²) in [6.07, 6.45) is 0.211. The Balaban J connectivity index is 2.11. The van der Waals surface area contributed by atoms with E-state index in [0.29, 0.717) is 0 Å². The van der Waals surface area contributed by atoms with E-state index in [9.17, 15) is 9.59 Å². The molecule has 6 nitrogen and oxygen atoms in total. The summed E-state index contributed by atoms with van der Waals surface area (Å²) >= 11 is 0. The number of likely N-dealkylation sites (N-methyl/N-ethyl adjacent to an activating group) is 1. The molecule has 1 aliphatic heterocycles. The molecule has 2 rings (SSSR count). The highest BCUT2D eigenvalue weighted by Crippen LogP contribution is 2.23. The number of aromatic nitrogens is 1. The number of nitrogens with zero attached hydrogens (tertiary/aromatic N) is 2. The second-order valence-electron chi connectivity index (χ2n) is 4.67.